The van der Waals surface area contributed by atoms with E-state index in [-0.39, 0.29) is 6.04 Å². The van der Waals surface area contributed by atoms with E-state index in [2.05, 4.69) is 35.5 Å². The molecule has 1 atom stereocenters. The van der Waals surface area contributed by atoms with Crippen LogP contribution in [0.1, 0.15) is 25.7 Å². The van der Waals surface area contributed by atoms with Crippen molar-refractivity contribution in [1.29, 1.82) is 0 Å². The second kappa shape index (κ2) is 6.96. The Morgan fingerprint density at radius 1 is 1.29 bits per heavy atom. The quantitative estimate of drug-likeness (QED) is 0.862. The molecule has 21 heavy (non-hydrogen) atoms. The molecule has 114 valence electrons. The van der Waals surface area contributed by atoms with Crippen molar-refractivity contribution in [2.24, 2.45) is 0 Å². The molecule has 0 spiro atoms. The molecule has 0 aromatic heterocycles. The first-order valence-corrected chi connectivity index (χ1v) is 7.81. The fraction of sp³-hybridized carbons (Fsp3) is 0.529. The van der Waals surface area contributed by atoms with Gasteiger partial charge >= 0.3 is 0 Å². The van der Waals surface area contributed by atoms with Gasteiger partial charge in [-0.3, -0.25) is 4.90 Å². The van der Waals surface area contributed by atoms with Gasteiger partial charge in [-0.1, -0.05) is 18.2 Å². The third-order valence-corrected chi connectivity index (χ3v) is 4.48. The van der Waals surface area contributed by atoms with Gasteiger partial charge in [-0.2, -0.15) is 0 Å². The summed E-state index contributed by atoms with van der Waals surface area (Å²) < 4.78 is 11.1. The van der Waals surface area contributed by atoms with Gasteiger partial charge in [-0.05, 0) is 51.4 Å². The highest BCUT2D eigenvalue weighted by Gasteiger charge is 2.31. The first-order valence-electron chi connectivity index (χ1n) is 7.81. The molecule has 4 nitrogen and oxygen atoms in total. The summed E-state index contributed by atoms with van der Waals surface area (Å²) >= 11 is 0. The number of rotatable bonds is 4. The predicted octanol–water partition coefficient (Wildman–Crippen LogP) is 2.67. The Labute approximate surface area is 126 Å². The molecule has 0 bridgehead atoms. The molecule has 1 N–H and O–H groups in total. The number of piperidine rings is 1. The number of likely N-dealkylation sites (N-methyl/N-ethyl adjacent to an activating group) is 1. The van der Waals surface area contributed by atoms with Gasteiger partial charge in [0.05, 0.1) is 6.04 Å². The molecule has 1 aliphatic carbocycles. The summed E-state index contributed by atoms with van der Waals surface area (Å²) in [7, 11) is 2.21. The molecule has 0 aromatic rings. The smallest absolute Gasteiger partial charge is 0.160 e. The second-order valence-corrected chi connectivity index (χ2v) is 5.80. The first kappa shape index (κ1) is 14.4. The fourth-order valence-corrected chi connectivity index (χ4v) is 3.32. The van der Waals surface area contributed by atoms with Gasteiger partial charge in [0, 0.05) is 6.04 Å². The van der Waals surface area contributed by atoms with Crippen LogP contribution in [0.4, 0.5) is 0 Å². The Morgan fingerprint density at radius 3 is 2.81 bits per heavy atom. The maximum Gasteiger partial charge on any atom is 0.160 e. The number of hydrogen-bond acceptors (Lipinski definition) is 4. The molecule has 3 rings (SSSR count). The van der Waals surface area contributed by atoms with Gasteiger partial charge in [0.1, 0.15) is 18.8 Å². The van der Waals surface area contributed by atoms with Crippen LogP contribution in [-0.4, -0.2) is 37.1 Å². The van der Waals surface area contributed by atoms with E-state index < -0.39 is 0 Å². The van der Waals surface area contributed by atoms with E-state index in [9.17, 15) is 0 Å². The second-order valence-electron chi connectivity index (χ2n) is 5.80. The molecule has 0 saturated carbocycles. The lowest BCUT2D eigenvalue weighted by atomic mass is 9.93. The summed E-state index contributed by atoms with van der Waals surface area (Å²) in [5.74, 6) is 0.889. The molecular formula is C17H24N2O2. The number of nitrogens with zero attached hydrogens (tertiary/aromatic N) is 1. The van der Waals surface area contributed by atoms with E-state index in [1.165, 1.54) is 18.4 Å². The number of ether oxygens (including phenoxy) is 2. The maximum atomic E-state index is 5.74. The number of hydrogen-bond donors (Lipinski definition) is 1. The van der Waals surface area contributed by atoms with Gasteiger partial charge in [0.15, 0.2) is 5.76 Å². The highest BCUT2D eigenvalue weighted by molar-refractivity contribution is 5.29. The Morgan fingerprint density at radius 2 is 2.14 bits per heavy atom. The van der Waals surface area contributed by atoms with E-state index in [0.29, 0.717) is 6.04 Å². The van der Waals surface area contributed by atoms with Gasteiger partial charge in [-0.15, -0.1) is 0 Å². The lowest BCUT2D eigenvalue weighted by molar-refractivity contribution is 0.128. The topological polar surface area (TPSA) is 33.7 Å². The van der Waals surface area contributed by atoms with E-state index in [0.717, 1.165) is 31.7 Å². The minimum Gasteiger partial charge on any atom is -0.466 e. The lowest BCUT2D eigenvalue weighted by Gasteiger charge is -2.39. The van der Waals surface area contributed by atoms with Gasteiger partial charge in [-0.25, -0.2) is 0 Å². The molecule has 1 unspecified atom stereocenters. The summed E-state index contributed by atoms with van der Waals surface area (Å²) in [6, 6.07) is 0.751. The Balaban J connectivity index is 1.82. The highest BCUT2D eigenvalue weighted by Crippen LogP contribution is 2.29. The van der Waals surface area contributed by atoms with Crippen molar-refractivity contribution in [3.63, 3.8) is 0 Å². The van der Waals surface area contributed by atoms with E-state index >= 15 is 0 Å². The normalized spacial score (nSPS) is 24.1. The fourth-order valence-electron chi connectivity index (χ4n) is 3.32. The van der Waals surface area contributed by atoms with Crippen LogP contribution in [0, 0.1) is 0 Å². The third-order valence-electron chi connectivity index (χ3n) is 4.48. The van der Waals surface area contributed by atoms with Crippen LogP contribution in [0.25, 0.3) is 0 Å². The van der Waals surface area contributed by atoms with Gasteiger partial charge in [0.2, 0.25) is 0 Å². The van der Waals surface area contributed by atoms with Crippen LogP contribution in [0.2, 0.25) is 0 Å². The van der Waals surface area contributed by atoms with E-state index in [4.69, 9.17) is 9.47 Å². The Bertz CT molecular complexity index is 473. The number of nitrogens with one attached hydrogen (secondary N) is 1. The maximum absolute atomic E-state index is 5.74. The number of allylic oxidation sites excluding steroid dienone is 3. The molecule has 2 heterocycles. The van der Waals surface area contributed by atoms with Gasteiger partial charge < -0.3 is 14.8 Å². The van der Waals surface area contributed by atoms with Crippen molar-refractivity contribution < 1.29 is 9.47 Å². The summed E-state index contributed by atoms with van der Waals surface area (Å²) in [6.45, 7) is 2.19. The van der Waals surface area contributed by atoms with Crippen molar-refractivity contribution in [2.75, 3.05) is 20.1 Å². The molecule has 0 aromatic carbocycles. The summed E-state index contributed by atoms with van der Waals surface area (Å²) in [5, 5.41) is 3.43. The largest absolute Gasteiger partial charge is 0.466 e. The average molecular weight is 288 g/mol. The van der Waals surface area contributed by atoms with Crippen molar-refractivity contribution in [1.82, 2.24) is 10.2 Å². The minimum atomic E-state index is 0.169. The zero-order chi connectivity index (χ0) is 14.5. The predicted molar refractivity (Wildman–Crippen MR) is 83.3 cm³/mol. The molecular weight excluding hydrogens is 264 g/mol. The standard InChI is InChI=1S/C17H24N2O2/c1-19(15-7-9-18-10-8-15)17(14-5-3-2-4-6-14)16-13-20-11-12-21-16/h2-3,5,11-13,15,17-18H,4,6-10H2,1H3. The zero-order valence-electron chi connectivity index (χ0n) is 12.6. The molecule has 3 aliphatic rings. The average Bonchev–Trinajstić information content (AvgIpc) is 2.58. The molecule has 1 saturated heterocycles. The van der Waals surface area contributed by atoms with Crippen LogP contribution in [0.3, 0.4) is 0 Å². The van der Waals surface area contributed by atoms with Crippen molar-refractivity contribution in [3.8, 4) is 0 Å². The monoisotopic (exact) mass is 288 g/mol. The van der Waals surface area contributed by atoms with E-state index in [1.807, 2.05) is 0 Å². The summed E-state index contributed by atoms with van der Waals surface area (Å²) in [4.78, 5) is 2.46. The van der Waals surface area contributed by atoms with Crippen LogP contribution in [-0.2, 0) is 9.47 Å². The Hall–Kier alpha value is -1.52. The van der Waals surface area contributed by atoms with Crippen molar-refractivity contribution in [2.45, 2.75) is 37.8 Å². The molecule has 0 radical (unpaired) electrons. The van der Waals surface area contributed by atoms with Crippen molar-refractivity contribution in [3.05, 3.63) is 48.3 Å². The summed E-state index contributed by atoms with van der Waals surface area (Å²) in [6.07, 6.45) is 16.1. The molecule has 1 fully saturated rings. The lowest BCUT2D eigenvalue weighted by Crippen LogP contribution is -2.47. The van der Waals surface area contributed by atoms with Crippen LogP contribution in [0.15, 0.2) is 48.3 Å². The minimum absolute atomic E-state index is 0.169. The van der Waals surface area contributed by atoms with Crippen LogP contribution in [0.5, 0.6) is 0 Å². The van der Waals surface area contributed by atoms with Crippen molar-refractivity contribution >= 4 is 0 Å². The first-order chi connectivity index (χ1) is 10.4. The van der Waals surface area contributed by atoms with E-state index in [1.54, 1.807) is 18.8 Å². The van der Waals surface area contributed by atoms with Gasteiger partial charge in [0.25, 0.3) is 0 Å². The molecule has 2 aliphatic heterocycles. The third kappa shape index (κ3) is 3.39. The zero-order valence-corrected chi connectivity index (χ0v) is 12.6. The molecule has 0 amide bonds. The van der Waals surface area contributed by atoms with Crippen LogP contribution < -0.4 is 5.32 Å². The van der Waals surface area contributed by atoms with Crippen LogP contribution >= 0.6 is 0 Å². The Kier molecular flexibility index (Phi) is 4.78. The SMILES string of the molecule is CN(C1CCNCC1)C(C1=CC=CCC1)C1=COC=CO1. The summed E-state index contributed by atoms with van der Waals surface area (Å²) in [5.41, 5.74) is 1.41. The molecule has 4 heteroatoms. The highest BCUT2D eigenvalue weighted by atomic mass is 16.5.